The number of esters is 1. The Bertz CT molecular complexity index is 542. The molecule has 1 N–H and O–H groups in total. The summed E-state index contributed by atoms with van der Waals surface area (Å²) in [4.78, 5) is 25.2. The molecule has 114 valence electrons. The summed E-state index contributed by atoms with van der Waals surface area (Å²) in [6.45, 7) is 3.18. The van der Waals surface area contributed by atoms with Gasteiger partial charge in [0, 0.05) is 18.7 Å². The van der Waals surface area contributed by atoms with E-state index in [0.29, 0.717) is 5.69 Å². The second-order valence-corrected chi connectivity index (χ2v) is 5.08. The molecule has 0 spiro atoms. The Balaban J connectivity index is 2.08. The van der Waals surface area contributed by atoms with Crippen LogP contribution in [0.3, 0.4) is 0 Å². The topological polar surface area (TPSA) is 58.6 Å². The maximum atomic E-state index is 14.1. The predicted octanol–water partition coefficient (Wildman–Crippen LogP) is 1.72. The van der Waals surface area contributed by atoms with Crippen LogP contribution in [0.1, 0.15) is 30.1 Å². The summed E-state index contributed by atoms with van der Waals surface area (Å²) in [5, 5.41) is 2.47. The summed E-state index contributed by atoms with van der Waals surface area (Å²) < 4.78 is 18.6. The van der Waals surface area contributed by atoms with Gasteiger partial charge in [-0.15, -0.1) is 0 Å². The number of hydrogen-bond acceptors (Lipinski definition) is 4. The lowest BCUT2D eigenvalue weighted by atomic mass is 10.1. The normalized spacial score (nSPS) is 15.7. The molecule has 1 aliphatic rings. The van der Waals surface area contributed by atoms with Gasteiger partial charge in [0.2, 0.25) is 0 Å². The number of ether oxygens (including phenoxy) is 1. The van der Waals surface area contributed by atoms with E-state index in [-0.39, 0.29) is 5.56 Å². The van der Waals surface area contributed by atoms with Gasteiger partial charge in [0.15, 0.2) is 0 Å². The fraction of sp³-hybridized carbons (Fsp3) is 0.467. The van der Waals surface area contributed by atoms with Crippen LogP contribution >= 0.6 is 0 Å². The Hall–Kier alpha value is -2.11. The second-order valence-electron chi connectivity index (χ2n) is 5.08. The van der Waals surface area contributed by atoms with E-state index >= 15 is 0 Å². The van der Waals surface area contributed by atoms with E-state index < -0.39 is 23.7 Å². The van der Waals surface area contributed by atoms with Crippen LogP contribution in [0.2, 0.25) is 0 Å². The Kier molecular flexibility index (Phi) is 4.77. The number of rotatable bonds is 4. The molecule has 1 saturated heterocycles. The molecule has 1 aromatic carbocycles. The van der Waals surface area contributed by atoms with E-state index in [2.05, 4.69) is 10.1 Å². The van der Waals surface area contributed by atoms with Gasteiger partial charge >= 0.3 is 5.97 Å². The highest BCUT2D eigenvalue weighted by atomic mass is 19.1. The molecular weight excluding hydrogens is 275 g/mol. The van der Waals surface area contributed by atoms with E-state index in [1.807, 2.05) is 4.90 Å². The number of carbonyl (C=O) groups is 2. The molecule has 0 bridgehead atoms. The maximum absolute atomic E-state index is 14.1. The quantitative estimate of drug-likeness (QED) is 0.859. The van der Waals surface area contributed by atoms with Crippen LogP contribution in [0, 0.1) is 5.82 Å². The number of hydrogen-bond donors (Lipinski definition) is 1. The van der Waals surface area contributed by atoms with Crippen LogP contribution < -0.4 is 10.2 Å². The first-order valence-corrected chi connectivity index (χ1v) is 6.96. The number of nitrogens with one attached hydrogen (secondary N) is 1. The largest absolute Gasteiger partial charge is 0.467 e. The molecule has 1 atom stereocenters. The van der Waals surface area contributed by atoms with E-state index in [9.17, 15) is 14.0 Å². The highest BCUT2D eigenvalue weighted by molar-refractivity contribution is 5.97. The Morgan fingerprint density at radius 3 is 2.57 bits per heavy atom. The minimum absolute atomic E-state index is 0.186. The fourth-order valence-corrected chi connectivity index (χ4v) is 2.38. The van der Waals surface area contributed by atoms with E-state index in [1.54, 1.807) is 12.1 Å². The minimum Gasteiger partial charge on any atom is -0.467 e. The molecule has 0 aliphatic carbocycles. The van der Waals surface area contributed by atoms with Crippen molar-refractivity contribution >= 4 is 17.6 Å². The molecule has 1 amide bonds. The zero-order chi connectivity index (χ0) is 15.4. The standard InChI is InChI=1S/C15H19FN2O3/c1-10(15(20)21-2)17-14(19)11-5-6-13(12(16)9-11)18-7-3-4-8-18/h5-6,9-10H,3-4,7-8H2,1-2H3,(H,17,19)/t10-/m0/s1. The summed E-state index contributed by atoms with van der Waals surface area (Å²) in [5.41, 5.74) is 0.705. The molecule has 0 unspecified atom stereocenters. The molecule has 21 heavy (non-hydrogen) atoms. The number of amides is 1. The molecular formula is C15H19FN2O3. The number of benzene rings is 1. The van der Waals surface area contributed by atoms with Crippen LogP contribution in [0.25, 0.3) is 0 Å². The van der Waals surface area contributed by atoms with Gasteiger partial charge in [0.1, 0.15) is 11.9 Å². The Morgan fingerprint density at radius 2 is 2.00 bits per heavy atom. The lowest BCUT2D eigenvalue weighted by Gasteiger charge is -2.19. The van der Waals surface area contributed by atoms with Crippen molar-refractivity contribution in [2.24, 2.45) is 0 Å². The van der Waals surface area contributed by atoms with Gasteiger partial charge in [-0.1, -0.05) is 0 Å². The number of halogens is 1. The summed E-state index contributed by atoms with van der Waals surface area (Å²) >= 11 is 0. The molecule has 2 rings (SSSR count). The number of anilines is 1. The Labute approximate surface area is 123 Å². The molecule has 0 aromatic heterocycles. The molecule has 5 nitrogen and oxygen atoms in total. The van der Waals surface area contributed by atoms with Crippen LogP contribution in [-0.4, -0.2) is 38.1 Å². The van der Waals surface area contributed by atoms with Crippen molar-refractivity contribution in [2.45, 2.75) is 25.8 Å². The van der Waals surface area contributed by atoms with Crippen molar-refractivity contribution < 1.29 is 18.7 Å². The minimum atomic E-state index is -0.774. The number of methoxy groups -OCH3 is 1. The average Bonchev–Trinajstić information content (AvgIpc) is 3.00. The second kappa shape index (κ2) is 6.56. The van der Waals surface area contributed by atoms with Gasteiger partial charge in [-0.05, 0) is 38.0 Å². The molecule has 0 radical (unpaired) electrons. The van der Waals surface area contributed by atoms with Crippen molar-refractivity contribution in [2.75, 3.05) is 25.1 Å². The van der Waals surface area contributed by atoms with Crippen molar-refractivity contribution in [3.8, 4) is 0 Å². The van der Waals surface area contributed by atoms with Crippen LogP contribution in [0.4, 0.5) is 10.1 Å². The molecule has 1 aliphatic heterocycles. The first-order valence-electron chi connectivity index (χ1n) is 6.96. The lowest BCUT2D eigenvalue weighted by molar-refractivity contribution is -0.142. The average molecular weight is 294 g/mol. The van der Waals surface area contributed by atoms with Gasteiger partial charge in [0.25, 0.3) is 5.91 Å². The van der Waals surface area contributed by atoms with Crippen molar-refractivity contribution in [1.82, 2.24) is 5.32 Å². The summed E-state index contributed by atoms with van der Waals surface area (Å²) in [5.74, 6) is -1.47. The van der Waals surface area contributed by atoms with Crippen molar-refractivity contribution in [1.29, 1.82) is 0 Å². The highest BCUT2D eigenvalue weighted by Gasteiger charge is 2.20. The summed E-state index contributed by atoms with van der Waals surface area (Å²) in [7, 11) is 1.25. The van der Waals surface area contributed by atoms with E-state index in [4.69, 9.17) is 0 Å². The van der Waals surface area contributed by atoms with Crippen molar-refractivity contribution in [3.63, 3.8) is 0 Å². The SMILES string of the molecule is COC(=O)[C@H](C)NC(=O)c1ccc(N2CCCC2)c(F)c1. The van der Waals surface area contributed by atoms with Gasteiger partial charge < -0.3 is 15.0 Å². The zero-order valence-corrected chi connectivity index (χ0v) is 12.2. The molecule has 6 heteroatoms. The third-order valence-corrected chi connectivity index (χ3v) is 3.56. The smallest absolute Gasteiger partial charge is 0.328 e. The number of carbonyl (C=O) groups excluding carboxylic acids is 2. The number of nitrogens with zero attached hydrogens (tertiary/aromatic N) is 1. The monoisotopic (exact) mass is 294 g/mol. The van der Waals surface area contributed by atoms with E-state index in [0.717, 1.165) is 25.9 Å². The van der Waals surface area contributed by atoms with Gasteiger partial charge in [-0.2, -0.15) is 0 Å². The van der Waals surface area contributed by atoms with E-state index in [1.165, 1.54) is 20.1 Å². The Morgan fingerprint density at radius 1 is 1.33 bits per heavy atom. The first-order chi connectivity index (χ1) is 10.0. The fourth-order valence-electron chi connectivity index (χ4n) is 2.38. The summed E-state index contributed by atoms with van der Waals surface area (Å²) in [6, 6.07) is 3.60. The van der Waals surface area contributed by atoms with Gasteiger partial charge in [0.05, 0.1) is 12.8 Å². The third kappa shape index (κ3) is 3.51. The zero-order valence-electron chi connectivity index (χ0n) is 12.2. The van der Waals surface area contributed by atoms with Crippen molar-refractivity contribution in [3.05, 3.63) is 29.6 Å². The predicted molar refractivity (Wildman–Crippen MR) is 76.8 cm³/mol. The maximum Gasteiger partial charge on any atom is 0.328 e. The van der Waals surface area contributed by atoms with Crippen LogP contribution in [0.5, 0.6) is 0 Å². The molecule has 0 saturated carbocycles. The highest BCUT2D eigenvalue weighted by Crippen LogP contribution is 2.24. The molecule has 1 aromatic rings. The molecule has 1 heterocycles. The lowest BCUT2D eigenvalue weighted by Crippen LogP contribution is -2.39. The van der Waals surface area contributed by atoms with Crippen LogP contribution in [-0.2, 0) is 9.53 Å². The van der Waals surface area contributed by atoms with Gasteiger partial charge in [-0.25, -0.2) is 9.18 Å². The molecule has 1 fully saturated rings. The van der Waals surface area contributed by atoms with Gasteiger partial charge in [-0.3, -0.25) is 4.79 Å². The first kappa shape index (κ1) is 15.3. The summed E-state index contributed by atoms with van der Waals surface area (Å²) in [6.07, 6.45) is 2.11. The van der Waals surface area contributed by atoms with Crippen LogP contribution in [0.15, 0.2) is 18.2 Å². The third-order valence-electron chi connectivity index (χ3n) is 3.56.